The van der Waals surface area contributed by atoms with Crippen molar-refractivity contribution in [2.45, 2.75) is 55.6 Å². The minimum Gasteiger partial charge on any atom is -0.348 e. The third-order valence-electron chi connectivity index (χ3n) is 7.24. The molecule has 6 rings (SSSR count). The van der Waals surface area contributed by atoms with Gasteiger partial charge in [-0.15, -0.1) is 0 Å². The van der Waals surface area contributed by atoms with Gasteiger partial charge in [0.05, 0.1) is 27.7 Å². The molecule has 1 fully saturated rings. The molecule has 3 aromatic carbocycles. The van der Waals surface area contributed by atoms with Crippen molar-refractivity contribution in [1.82, 2.24) is 24.8 Å². The normalized spacial score (nSPS) is 14.2. The van der Waals surface area contributed by atoms with Crippen LogP contribution in [0.3, 0.4) is 0 Å². The molecule has 0 aliphatic heterocycles. The molecule has 1 saturated carbocycles. The fraction of sp³-hybridized carbons (Fsp3) is 0.267. The van der Waals surface area contributed by atoms with E-state index in [9.17, 15) is 9.59 Å². The lowest BCUT2D eigenvalue weighted by Gasteiger charge is -2.26. The topological polar surface area (TPSA) is 92.7 Å². The Morgan fingerprint density at radius 3 is 2.62 bits per heavy atom. The standard InChI is InChI=1S/C30H28ClN5O2S/c31-23-11-5-4-8-20(23)17-32-28(37)19-14-15-22-26(16-19)35-30(36(29(22)38)21-9-2-1-3-10-21)39-18-27-33-24-12-6-7-13-25(24)34-27/h4-8,11-16,21H,1-3,9-10,17-18H2,(H,32,37)(H,33,34). The molecule has 2 N–H and O–H groups in total. The number of thioether (sulfide) groups is 1. The Balaban J connectivity index is 1.32. The summed E-state index contributed by atoms with van der Waals surface area (Å²) >= 11 is 7.74. The van der Waals surface area contributed by atoms with Crippen LogP contribution in [0.5, 0.6) is 0 Å². The lowest BCUT2D eigenvalue weighted by atomic mass is 9.95. The quantitative estimate of drug-likeness (QED) is 0.172. The van der Waals surface area contributed by atoms with Gasteiger partial charge in [0, 0.05) is 23.2 Å². The largest absolute Gasteiger partial charge is 0.348 e. The number of H-pyrrole nitrogens is 1. The summed E-state index contributed by atoms with van der Waals surface area (Å²) in [6.45, 7) is 0.311. The Morgan fingerprint density at radius 1 is 1.00 bits per heavy atom. The first-order chi connectivity index (χ1) is 19.1. The highest BCUT2D eigenvalue weighted by Crippen LogP contribution is 2.32. The zero-order valence-electron chi connectivity index (χ0n) is 21.3. The SMILES string of the molecule is O=C(NCc1ccccc1Cl)c1ccc2c(=O)n(C3CCCCC3)c(SCc3nc4ccccc4[nH]3)nc2c1. The summed E-state index contributed by atoms with van der Waals surface area (Å²) in [6.07, 6.45) is 5.34. The Hall–Kier alpha value is -3.62. The molecule has 0 spiro atoms. The molecular weight excluding hydrogens is 530 g/mol. The molecule has 0 unspecified atom stereocenters. The first-order valence-electron chi connectivity index (χ1n) is 13.2. The maximum absolute atomic E-state index is 13.8. The van der Waals surface area contributed by atoms with Crippen LogP contribution in [0.4, 0.5) is 0 Å². The van der Waals surface area contributed by atoms with Crippen molar-refractivity contribution in [1.29, 1.82) is 0 Å². The fourth-order valence-electron chi connectivity index (χ4n) is 5.21. The van der Waals surface area contributed by atoms with E-state index in [0.717, 1.165) is 48.1 Å². The number of carbonyl (C=O) groups excluding carboxylic acids is 1. The molecule has 9 heteroatoms. The van der Waals surface area contributed by atoms with Gasteiger partial charge in [0.25, 0.3) is 11.5 Å². The monoisotopic (exact) mass is 557 g/mol. The number of rotatable bonds is 7. The zero-order chi connectivity index (χ0) is 26.8. The minimum absolute atomic E-state index is 0.0537. The summed E-state index contributed by atoms with van der Waals surface area (Å²) in [7, 11) is 0. The predicted molar refractivity (Wildman–Crippen MR) is 156 cm³/mol. The summed E-state index contributed by atoms with van der Waals surface area (Å²) < 4.78 is 1.88. The molecular formula is C30H28ClN5O2S. The molecule has 0 bridgehead atoms. The van der Waals surface area contributed by atoms with E-state index < -0.39 is 0 Å². The van der Waals surface area contributed by atoms with Crippen molar-refractivity contribution in [3.05, 3.63) is 99.1 Å². The molecule has 39 heavy (non-hydrogen) atoms. The van der Waals surface area contributed by atoms with Crippen molar-refractivity contribution in [2.75, 3.05) is 0 Å². The average molecular weight is 558 g/mol. The van der Waals surface area contributed by atoms with Gasteiger partial charge in [0.15, 0.2) is 5.16 Å². The summed E-state index contributed by atoms with van der Waals surface area (Å²) in [6, 6.07) is 20.6. The van der Waals surface area contributed by atoms with Gasteiger partial charge in [-0.05, 0) is 54.8 Å². The lowest BCUT2D eigenvalue weighted by Crippen LogP contribution is -2.29. The van der Waals surface area contributed by atoms with Gasteiger partial charge >= 0.3 is 0 Å². The highest BCUT2D eigenvalue weighted by Gasteiger charge is 2.23. The Labute approximate surface area is 235 Å². The maximum Gasteiger partial charge on any atom is 0.262 e. The Kier molecular flexibility index (Phi) is 7.39. The molecule has 198 valence electrons. The first-order valence-corrected chi connectivity index (χ1v) is 14.6. The number of nitrogens with zero attached hydrogens (tertiary/aromatic N) is 3. The molecule has 0 radical (unpaired) electrons. The van der Waals surface area contributed by atoms with Crippen molar-refractivity contribution >= 4 is 51.2 Å². The number of hydrogen-bond acceptors (Lipinski definition) is 5. The average Bonchev–Trinajstić information content (AvgIpc) is 3.39. The molecule has 5 aromatic rings. The van der Waals surface area contributed by atoms with Gasteiger partial charge < -0.3 is 10.3 Å². The maximum atomic E-state index is 13.8. The van der Waals surface area contributed by atoms with Crippen LogP contribution in [0.2, 0.25) is 5.02 Å². The number of benzene rings is 3. The number of hydrogen-bond donors (Lipinski definition) is 2. The van der Waals surface area contributed by atoms with Gasteiger partial charge in [-0.25, -0.2) is 9.97 Å². The summed E-state index contributed by atoms with van der Waals surface area (Å²) in [5.74, 6) is 1.14. The molecule has 2 heterocycles. The molecule has 1 aliphatic rings. The van der Waals surface area contributed by atoms with E-state index >= 15 is 0 Å². The number of halogens is 1. The van der Waals surface area contributed by atoms with Crippen LogP contribution in [-0.4, -0.2) is 25.4 Å². The molecule has 1 amide bonds. The van der Waals surface area contributed by atoms with E-state index in [0.29, 0.717) is 38.9 Å². The van der Waals surface area contributed by atoms with E-state index in [1.165, 1.54) is 18.2 Å². The van der Waals surface area contributed by atoms with E-state index in [4.69, 9.17) is 16.6 Å². The third kappa shape index (κ3) is 5.44. The number of nitrogens with one attached hydrogen (secondary N) is 2. The van der Waals surface area contributed by atoms with Crippen molar-refractivity contribution in [3.8, 4) is 0 Å². The highest BCUT2D eigenvalue weighted by atomic mass is 35.5. The van der Waals surface area contributed by atoms with Crippen LogP contribution in [0.15, 0.2) is 76.7 Å². The van der Waals surface area contributed by atoms with Crippen molar-refractivity contribution in [3.63, 3.8) is 0 Å². The second-order valence-corrected chi connectivity index (χ2v) is 11.2. The van der Waals surface area contributed by atoms with Crippen LogP contribution in [0.1, 0.15) is 59.9 Å². The molecule has 2 aromatic heterocycles. The van der Waals surface area contributed by atoms with Gasteiger partial charge in [-0.1, -0.05) is 73.0 Å². The summed E-state index contributed by atoms with van der Waals surface area (Å²) in [5, 5.41) is 4.71. The van der Waals surface area contributed by atoms with E-state index in [2.05, 4.69) is 15.3 Å². The fourth-order valence-corrected chi connectivity index (χ4v) is 6.35. The van der Waals surface area contributed by atoms with Crippen molar-refractivity contribution in [2.24, 2.45) is 0 Å². The Morgan fingerprint density at radius 2 is 1.79 bits per heavy atom. The number of aromatic amines is 1. The molecule has 0 saturated heterocycles. The number of fused-ring (bicyclic) bond motifs is 2. The second-order valence-electron chi connectivity index (χ2n) is 9.86. The van der Waals surface area contributed by atoms with Crippen LogP contribution in [0, 0.1) is 0 Å². The van der Waals surface area contributed by atoms with E-state index in [-0.39, 0.29) is 17.5 Å². The second kappa shape index (κ2) is 11.2. The predicted octanol–water partition coefficient (Wildman–Crippen LogP) is 6.65. The van der Waals surface area contributed by atoms with Crippen LogP contribution in [-0.2, 0) is 12.3 Å². The molecule has 0 atom stereocenters. The van der Waals surface area contributed by atoms with Crippen LogP contribution < -0.4 is 10.9 Å². The van der Waals surface area contributed by atoms with Gasteiger partial charge in [0.2, 0.25) is 0 Å². The molecule has 7 nitrogen and oxygen atoms in total. The number of aromatic nitrogens is 4. The third-order valence-corrected chi connectivity index (χ3v) is 8.58. The van der Waals surface area contributed by atoms with Gasteiger partial charge in [0.1, 0.15) is 5.82 Å². The lowest BCUT2D eigenvalue weighted by molar-refractivity contribution is 0.0951. The highest BCUT2D eigenvalue weighted by molar-refractivity contribution is 7.98. The van der Waals surface area contributed by atoms with E-state index in [1.807, 2.05) is 47.0 Å². The molecule has 1 aliphatic carbocycles. The van der Waals surface area contributed by atoms with Crippen LogP contribution >= 0.6 is 23.4 Å². The smallest absolute Gasteiger partial charge is 0.262 e. The van der Waals surface area contributed by atoms with Gasteiger partial charge in [-0.2, -0.15) is 0 Å². The minimum atomic E-state index is -0.244. The number of imidazole rings is 1. The number of carbonyl (C=O) groups is 1. The summed E-state index contributed by atoms with van der Waals surface area (Å²) in [5.41, 5.74) is 3.65. The van der Waals surface area contributed by atoms with E-state index in [1.54, 1.807) is 24.3 Å². The number of para-hydroxylation sites is 2. The van der Waals surface area contributed by atoms with Crippen LogP contribution in [0.25, 0.3) is 21.9 Å². The van der Waals surface area contributed by atoms with Crippen molar-refractivity contribution < 1.29 is 4.79 Å². The van der Waals surface area contributed by atoms with Gasteiger partial charge in [-0.3, -0.25) is 14.2 Å². The Bertz CT molecular complexity index is 1690. The summed E-state index contributed by atoms with van der Waals surface area (Å²) in [4.78, 5) is 39.8. The first kappa shape index (κ1) is 25.6. The number of amides is 1. The zero-order valence-corrected chi connectivity index (χ0v) is 22.9.